The van der Waals surface area contributed by atoms with E-state index in [1.165, 1.54) is 10.7 Å². The molecule has 0 aromatic carbocycles. The maximum absolute atomic E-state index is 11.8. The van der Waals surface area contributed by atoms with Crippen molar-refractivity contribution in [3.8, 4) is 11.5 Å². The Morgan fingerprint density at radius 1 is 1.16 bits per heavy atom. The van der Waals surface area contributed by atoms with E-state index in [2.05, 4.69) is 10.1 Å². The minimum Gasteiger partial charge on any atom is -0.463 e. The molecule has 94 valence electrons. The lowest BCUT2D eigenvalue weighted by Crippen LogP contribution is -2.22. The van der Waals surface area contributed by atoms with Gasteiger partial charge in [0.2, 0.25) is 0 Å². The molecule has 0 fully saturated rings. The summed E-state index contributed by atoms with van der Waals surface area (Å²) in [4.78, 5) is 15.8. The van der Waals surface area contributed by atoms with E-state index >= 15 is 0 Å². The van der Waals surface area contributed by atoms with E-state index < -0.39 is 0 Å². The van der Waals surface area contributed by atoms with Crippen LogP contribution in [-0.2, 0) is 6.54 Å². The molecule has 19 heavy (non-hydrogen) atoms. The van der Waals surface area contributed by atoms with Crippen molar-refractivity contribution in [1.82, 2.24) is 14.8 Å². The van der Waals surface area contributed by atoms with E-state index in [0.717, 1.165) is 5.56 Å². The van der Waals surface area contributed by atoms with Crippen LogP contribution in [0.25, 0.3) is 11.5 Å². The molecule has 0 spiro atoms. The van der Waals surface area contributed by atoms with Crippen molar-refractivity contribution in [3.63, 3.8) is 0 Å². The van der Waals surface area contributed by atoms with Crippen molar-refractivity contribution >= 4 is 0 Å². The predicted octanol–water partition coefficient (Wildman–Crippen LogP) is 1.95. The summed E-state index contributed by atoms with van der Waals surface area (Å²) in [6, 6.07) is 10.5. The van der Waals surface area contributed by atoms with Gasteiger partial charge in [0.1, 0.15) is 5.69 Å². The second-order valence-electron chi connectivity index (χ2n) is 4.05. The molecule has 0 atom stereocenters. The molecule has 5 nitrogen and oxygen atoms in total. The maximum atomic E-state index is 11.8. The zero-order valence-corrected chi connectivity index (χ0v) is 10.1. The van der Waals surface area contributed by atoms with E-state index in [-0.39, 0.29) is 5.56 Å². The Morgan fingerprint density at radius 2 is 2.11 bits per heavy atom. The maximum Gasteiger partial charge on any atom is 0.267 e. The first-order chi connectivity index (χ1) is 9.33. The van der Waals surface area contributed by atoms with E-state index in [4.69, 9.17) is 4.42 Å². The Bertz CT molecular complexity index is 718. The minimum atomic E-state index is -0.154. The topological polar surface area (TPSA) is 60.9 Å². The average Bonchev–Trinajstić information content (AvgIpc) is 2.96. The van der Waals surface area contributed by atoms with Gasteiger partial charge in [-0.2, -0.15) is 5.10 Å². The Balaban J connectivity index is 1.97. The van der Waals surface area contributed by atoms with Gasteiger partial charge in [-0.25, -0.2) is 4.68 Å². The van der Waals surface area contributed by atoms with Crippen LogP contribution in [0, 0.1) is 0 Å². The van der Waals surface area contributed by atoms with Crippen molar-refractivity contribution < 1.29 is 4.42 Å². The summed E-state index contributed by atoms with van der Waals surface area (Å²) in [5, 5.41) is 4.29. The highest BCUT2D eigenvalue weighted by Crippen LogP contribution is 2.15. The fourth-order valence-corrected chi connectivity index (χ4v) is 1.78. The molecule has 3 aromatic heterocycles. The van der Waals surface area contributed by atoms with Crippen molar-refractivity contribution in [3.05, 3.63) is 71.0 Å². The lowest BCUT2D eigenvalue weighted by molar-refractivity contribution is 0.569. The van der Waals surface area contributed by atoms with Gasteiger partial charge in [0, 0.05) is 18.5 Å². The van der Waals surface area contributed by atoms with Gasteiger partial charge in [-0.05, 0) is 29.8 Å². The van der Waals surface area contributed by atoms with Crippen LogP contribution < -0.4 is 5.56 Å². The van der Waals surface area contributed by atoms with Crippen molar-refractivity contribution in [2.75, 3.05) is 0 Å². The standard InChI is InChI=1S/C14H11N3O2/c18-14-6-5-12(13-4-2-8-19-13)16-17(14)10-11-3-1-7-15-9-11/h1-9H,10H2. The monoisotopic (exact) mass is 253 g/mol. The smallest absolute Gasteiger partial charge is 0.267 e. The molecular formula is C14H11N3O2. The fraction of sp³-hybridized carbons (Fsp3) is 0.0714. The Morgan fingerprint density at radius 3 is 2.84 bits per heavy atom. The van der Waals surface area contributed by atoms with Gasteiger partial charge in [-0.15, -0.1) is 0 Å². The molecule has 0 aliphatic rings. The number of aromatic nitrogens is 3. The number of hydrogen-bond donors (Lipinski definition) is 0. The van der Waals surface area contributed by atoms with Crippen molar-refractivity contribution in [1.29, 1.82) is 0 Å². The molecule has 0 saturated heterocycles. The molecule has 0 bridgehead atoms. The summed E-state index contributed by atoms with van der Waals surface area (Å²) in [6.07, 6.45) is 4.99. The first kappa shape index (κ1) is 11.4. The molecule has 0 saturated carbocycles. The van der Waals surface area contributed by atoms with Crippen LogP contribution >= 0.6 is 0 Å². The van der Waals surface area contributed by atoms with Crippen LogP contribution in [0.4, 0.5) is 0 Å². The third-order valence-electron chi connectivity index (χ3n) is 2.70. The van der Waals surface area contributed by atoms with Crippen LogP contribution in [0.15, 0.2) is 64.3 Å². The van der Waals surface area contributed by atoms with E-state index in [1.807, 2.05) is 12.1 Å². The van der Waals surface area contributed by atoms with Crippen LogP contribution in [0.1, 0.15) is 5.56 Å². The zero-order chi connectivity index (χ0) is 13.1. The predicted molar refractivity (Wildman–Crippen MR) is 69.5 cm³/mol. The SMILES string of the molecule is O=c1ccc(-c2ccco2)nn1Cc1cccnc1. The molecular weight excluding hydrogens is 242 g/mol. The third-order valence-corrected chi connectivity index (χ3v) is 2.70. The fourth-order valence-electron chi connectivity index (χ4n) is 1.78. The number of nitrogens with zero attached hydrogens (tertiary/aromatic N) is 3. The highest BCUT2D eigenvalue weighted by atomic mass is 16.3. The summed E-state index contributed by atoms with van der Waals surface area (Å²) in [6.45, 7) is 0.390. The lowest BCUT2D eigenvalue weighted by atomic mass is 10.3. The molecule has 0 unspecified atom stereocenters. The molecule has 0 N–H and O–H groups in total. The Labute approximate surface area is 109 Å². The third kappa shape index (κ3) is 2.44. The molecule has 0 aliphatic heterocycles. The number of hydrogen-bond acceptors (Lipinski definition) is 4. The normalized spacial score (nSPS) is 10.5. The van der Waals surface area contributed by atoms with Gasteiger partial charge in [-0.3, -0.25) is 9.78 Å². The van der Waals surface area contributed by atoms with Gasteiger partial charge in [-0.1, -0.05) is 6.07 Å². The molecule has 3 aromatic rings. The summed E-state index contributed by atoms with van der Waals surface area (Å²) in [5.41, 5.74) is 1.40. The molecule has 5 heteroatoms. The molecule has 0 aliphatic carbocycles. The van der Waals surface area contributed by atoms with E-state index in [9.17, 15) is 4.79 Å². The van der Waals surface area contributed by atoms with Crippen molar-refractivity contribution in [2.45, 2.75) is 6.54 Å². The first-order valence-corrected chi connectivity index (χ1v) is 5.84. The van der Waals surface area contributed by atoms with Gasteiger partial charge in [0.25, 0.3) is 5.56 Å². The highest BCUT2D eigenvalue weighted by molar-refractivity contribution is 5.50. The average molecular weight is 253 g/mol. The summed E-state index contributed by atoms with van der Waals surface area (Å²) in [7, 11) is 0. The minimum absolute atomic E-state index is 0.154. The molecule has 3 heterocycles. The Hall–Kier alpha value is -2.69. The summed E-state index contributed by atoms with van der Waals surface area (Å²) in [5.74, 6) is 0.639. The quantitative estimate of drug-likeness (QED) is 0.715. The summed E-state index contributed by atoms with van der Waals surface area (Å²) >= 11 is 0. The number of pyridine rings is 1. The summed E-state index contributed by atoms with van der Waals surface area (Å²) < 4.78 is 6.67. The Kier molecular flexibility index (Phi) is 2.94. The largest absolute Gasteiger partial charge is 0.463 e. The van der Waals surface area contributed by atoms with Gasteiger partial charge in [0.15, 0.2) is 5.76 Å². The van der Waals surface area contributed by atoms with Crippen molar-refractivity contribution in [2.24, 2.45) is 0 Å². The van der Waals surface area contributed by atoms with E-state index in [0.29, 0.717) is 18.0 Å². The van der Waals surface area contributed by atoms with Gasteiger partial charge >= 0.3 is 0 Å². The second kappa shape index (κ2) is 4.89. The van der Waals surface area contributed by atoms with Gasteiger partial charge < -0.3 is 4.42 Å². The van der Waals surface area contributed by atoms with E-state index in [1.54, 1.807) is 36.9 Å². The van der Waals surface area contributed by atoms with Crippen LogP contribution in [0.3, 0.4) is 0 Å². The van der Waals surface area contributed by atoms with Gasteiger partial charge in [0.05, 0.1) is 12.8 Å². The molecule has 0 amide bonds. The van der Waals surface area contributed by atoms with Crippen LogP contribution in [0.5, 0.6) is 0 Å². The highest BCUT2D eigenvalue weighted by Gasteiger charge is 2.06. The zero-order valence-electron chi connectivity index (χ0n) is 10.1. The lowest BCUT2D eigenvalue weighted by Gasteiger charge is -2.05. The molecule has 3 rings (SSSR count). The number of furan rings is 1. The number of rotatable bonds is 3. The van der Waals surface area contributed by atoms with Crippen LogP contribution in [0.2, 0.25) is 0 Å². The first-order valence-electron chi connectivity index (χ1n) is 5.84. The molecule has 0 radical (unpaired) electrons. The van der Waals surface area contributed by atoms with Crippen LogP contribution in [-0.4, -0.2) is 14.8 Å². The second-order valence-corrected chi connectivity index (χ2v) is 4.05.